The third kappa shape index (κ3) is 3.44. The quantitative estimate of drug-likeness (QED) is 0.417. The maximum Gasteiger partial charge on any atom is 0.172 e. The lowest BCUT2D eigenvalue weighted by molar-refractivity contribution is 0.371. The summed E-state index contributed by atoms with van der Waals surface area (Å²) in [6.07, 6.45) is 3.82. The van der Waals surface area contributed by atoms with Gasteiger partial charge in [0, 0.05) is 27.9 Å². The highest BCUT2D eigenvalue weighted by Crippen LogP contribution is 2.54. The maximum absolute atomic E-state index is 14.8. The third-order valence-corrected chi connectivity index (χ3v) is 6.23. The number of ether oxygens (including phenoxy) is 2. The number of hydrogen-bond acceptors (Lipinski definition) is 4. The molecule has 33 heavy (non-hydrogen) atoms. The molecule has 4 nitrogen and oxygen atoms in total. The van der Waals surface area contributed by atoms with Crippen LogP contribution in [0.4, 0.5) is 10.1 Å². The normalized spacial score (nSPS) is 16.7. The molecule has 0 saturated carbocycles. The van der Waals surface area contributed by atoms with E-state index in [1.54, 1.807) is 24.3 Å². The van der Waals surface area contributed by atoms with Crippen LogP contribution in [0.5, 0.6) is 17.2 Å². The molecule has 0 spiro atoms. The van der Waals surface area contributed by atoms with E-state index in [0.717, 1.165) is 28.0 Å². The van der Waals surface area contributed by atoms with E-state index >= 15 is 0 Å². The highest BCUT2D eigenvalue weighted by molar-refractivity contribution is 6.30. The Morgan fingerprint density at radius 3 is 2.64 bits per heavy atom. The Morgan fingerprint density at radius 2 is 1.88 bits per heavy atom. The lowest BCUT2D eigenvalue weighted by Gasteiger charge is -2.35. The molecule has 0 saturated heterocycles. The van der Waals surface area contributed by atoms with Gasteiger partial charge in [-0.05, 0) is 56.7 Å². The zero-order valence-corrected chi connectivity index (χ0v) is 19.5. The lowest BCUT2D eigenvalue weighted by Crippen LogP contribution is -2.32. The van der Waals surface area contributed by atoms with Crippen molar-refractivity contribution < 1.29 is 19.0 Å². The molecule has 168 valence electrons. The summed E-state index contributed by atoms with van der Waals surface area (Å²) < 4.78 is 26.7. The number of rotatable bonds is 2. The van der Waals surface area contributed by atoms with E-state index in [1.807, 2.05) is 12.1 Å². The molecule has 2 N–H and O–H groups in total. The van der Waals surface area contributed by atoms with Crippen molar-refractivity contribution in [2.45, 2.75) is 26.3 Å². The van der Waals surface area contributed by atoms with Crippen molar-refractivity contribution in [3.63, 3.8) is 0 Å². The molecule has 2 aliphatic rings. The minimum atomic E-state index is -0.512. The van der Waals surface area contributed by atoms with Crippen LogP contribution in [0, 0.1) is 5.82 Å². The zero-order valence-electron chi connectivity index (χ0n) is 18.7. The van der Waals surface area contributed by atoms with E-state index < -0.39 is 5.82 Å². The van der Waals surface area contributed by atoms with Gasteiger partial charge in [-0.15, -0.1) is 0 Å². The standard InChI is InChI=1S/C27H23ClFNO3/c1-14-13-27(2,3)30-18-9-8-16-23(22(14)18)21(12-15-6-5-7-17(28)25(15)29)33-20-11-10-19(31)26(32-4)24(16)20/h5-13,30-31H,1-4H3/b21-12-. The molecule has 0 atom stereocenters. The number of aromatic hydroxyl groups is 1. The Morgan fingerprint density at radius 1 is 1.09 bits per heavy atom. The number of halogens is 2. The van der Waals surface area contributed by atoms with Crippen molar-refractivity contribution in [2.75, 3.05) is 12.4 Å². The van der Waals surface area contributed by atoms with Crippen LogP contribution in [0.2, 0.25) is 5.02 Å². The van der Waals surface area contributed by atoms with Gasteiger partial charge in [0.05, 0.1) is 23.2 Å². The molecule has 0 bridgehead atoms. The minimum Gasteiger partial charge on any atom is -0.504 e. The topological polar surface area (TPSA) is 50.7 Å². The van der Waals surface area contributed by atoms with Gasteiger partial charge in [-0.25, -0.2) is 4.39 Å². The highest BCUT2D eigenvalue weighted by atomic mass is 35.5. The van der Waals surface area contributed by atoms with Crippen molar-refractivity contribution in [3.8, 4) is 28.4 Å². The molecule has 6 heteroatoms. The van der Waals surface area contributed by atoms with Crippen LogP contribution < -0.4 is 14.8 Å². The minimum absolute atomic E-state index is 0.0170. The summed E-state index contributed by atoms with van der Waals surface area (Å²) in [5.74, 6) is 0.826. The number of phenolic OH excluding ortho intramolecular Hbond substituents is 1. The van der Waals surface area contributed by atoms with Crippen LogP contribution in [-0.4, -0.2) is 17.8 Å². The average molecular weight is 464 g/mol. The third-order valence-electron chi connectivity index (χ3n) is 5.94. The molecule has 0 unspecified atom stereocenters. The first-order valence-corrected chi connectivity index (χ1v) is 11.0. The largest absolute Gasteiger partial charge is 0.504 e. The maximum atomic E-state index is 14.8. The van der Waals surface area contributed by atoms with E-state index in [4.69, 9.17) is 21.1 Å². The van der Waals surface area contributed by atoms with Crippen molar-refractivity contribution in [1.82, 2.24) is 0 Å². The monoisotopic (exact) mass is 463 g/mol. The Bertz CT molecular complexity index is 1370. The fourth-order valence-corrected chi connectivity index (χ4v) is 4.90. The Labute approximate surface area is 196 Å². The summed E-state index contributed by atoms with van der Waals surface area (Å²) in [4.78, 5) is 0. The first-order chi connectivity index (χ1) is 15.7. The van der Waals surface area contributed by atoms with Gasteiger partial charge in [-0.2, -0.15) is 0 Å². The summed E-state index contributed by atoms with van der Waals surface area (Å²) in [6, 6.07) is 12.1. The number of benzene rings is 3. The van der Waals surface area contributed by atoms with E-state index in [1.165, 1.54) is 19.2 Å². The highest BCUT2D eigenvalue weighted by Gasteiger charge is 2.33. The predicted octanol–water partition coefficient (Wildman–Crippen LogP) is 7.36. The van der Waals surface area contributed by atoms with E-state index in [2.05, 4.69) is 32.2 Å². The van der Waals surface area contributed by atoms with Gasteiger partial charge in [0.25, 0.3) is 0 Å². The number of fused-ring (bicyclic) bond motifs is 5. The molecular formula is C27H23ClFNO3. The van der Waals surface area contributed by atoms with Crippen molar-refractivity contribution >= 4 is 34.7 Å². The fraction of sp³-hybridized carbons (Fsp3) is 0.185. The van der Waals surface area contributed by atoms with E-state index in [0.29, 0.717) is 28.4 Å². The zero-order chi connectivity index (χ0) is 23.5. The molecule has 0 aliphatic carbocycles. The Hall–Kier alpha value is -3.44. The number of anilines is 1. The summed E-state index contributed by atoms with van der Waals surface area (Å²) >= 11 is 6.03. The molecular weight excluding hydrogens is 441 g/mol. The van der Waals surface area contributed by atoms with Gasteiger partial charge < -0.3 is 19.9 Å². The van der Waals surface area contributed by atoms with Crippen LogP contribution in [0.15, 0.2) is 48.5 Å². The number of nitrogens with one attached hydrogen (secondary N) is 1. The Balaban J connectivity index is 1.85. The van der Waals surface area contributed by atoms with Gasteiger partial charge in [-0.1, -0.05) is 35.9 Å². The number of methoxy groups -OCH3 is 1. The molecule has 0 amide bonds. The number of hydrogen-bond donors (Lipinski definition) is 2. The molecule has 0 fully saturated rings. The molecule has 0 radical (unpaired) electrons. The van der Waals surface area contributed by atoms with Crippen LogP contribution in [-0.2, 0) is 0 Å². The second-order valence-corrected chi connectivity index (χ2v) is 9.24. The van der Waals surface area contributed by atoms with Crippen LogP contribution in [0.1, 0.15) is 37.5 Å². The molecule has 2 heterocycles. The van der Waals surface area contributed by atoms with Gasteiger partial charge in [0.15, 0.2) is 11.5 Å². The predicted molar refractivity (Wildman–Crippen MR) is 131 cm³/mol. The summed E-state index contributed by atoms with van der Waals surface area (Å²) in [5, 5.41) is 14.0. The van der Waals surface area contributed by atoms with Crippen molar-refractivity contribution in [2.24, 2.45) is 0 Å². The summed E-state index contributed by atoms with van der Waals surface area (Å²) in [5.41, 5.74) is 5.33. The Kier molecular flexibility index (Phi) is 4.91. The molecule has 0 aromatic heterocycles. The lowest BCUT2D eigenvalue weighted by atomic mass is 9.82. The SMILES string of the molecule is COc1c(O)ccc2c1-c1ccc3c(c1/C(=C/c1cccc(Cl)c1F)O2)C(C)=CC(C)(C)N3. The van der Waals surface area contributed by atoms with Crippen LogP contribution in [0.25, 0.3) is 28.5 Å². The van der Waals surface area contributed by atoms with Crippen LogP contribution in [0.3, 0.4) is 0 Å². The average Bonchev–Trinajstić information content (AvgIpc) is 2.75. The second-order valence-electron chi connectivity index (χ2n) is 8.83. The van der Waals surface area contributed by atoms with E-state index in [-0.39, 0.29) is 16.3 Å². The van der Waals surface area contributed by atoms with Crippen LogP contribution >= 0.6 is 11.6 Å². The van der Waals surface area contributed by atoms with E-state index in [9.17, 15) is 9.50 Å². The molecule has 5 rings (SSSR count). The van der Waals surface area contributed by atoms with Crippen molar-refractivity contribution in [1.29, 1.82) is 0 Å². The smallest absolute Gasteiger partial charge is 0.172 e. The first-order valence-electron chi connectivity index (χ1n) is 10.6. The van der Waals surface area contributed by atoms with Gasteiger partial charge in [-0.3, -0.25) is 0 Å². The number of phenols is 1. The second kappa shape index (κ2) is 7.56. The molecule has 3 aromatic rings. The molecule has 3 aromatic carbocycles. The summed E-state index contributed by atoms with van der Waals surface area (Å²) in [7, 11) is 1.51. The first kappa shape index (κ1) is 21.4. The van der Waals surface area contributed by atoms with Gasteiger partial charge in [0.1, 0.15) is 17.3 Å². The van der Waals surface area contributed by atoms with Gasteiger partial charge >= 0.3 is 0 Å². The summed E-state index contributed by atoms with van der Waals surface area (Å²) in [6.45, 7) is 6.25. The fourth-order valence-electron chi connectivity index (χ4n) is 4.72. The number of allylic oxidation sites excluding steroid dienone is 1. The molecule has 2 aliphatic heterocycles. The van der Waals surface area contributed by atoms with Gasteiger partial charge in [0.2, 0.25) is 0 Å². The van der Waals surface area contributed by atoms with Crippen molar-refractivity contribution in [3.05, 3.63) is 76.1 Å².